The molecule has 103 heavy (non-hydrogen) atoms. The second-order valence-electron chi connectivity index (χ2n) is 29.8. The first kappa shape index (κ1) is 101. The molecule has 0 saturated carbocycles. The smallest absolute Gasteiger partial charge is 0.462 e. The summed E-state index contributed by atoms with van der Waals surface area (Å²) in [4.78, 5) is 73.0. The predicted octanol–water partition coefficient (Wildman–Crippen LogP) is 25.1. The van der Waals surface area contributed by atoms with E-state index in [4.69, 9.17) is 37.0 Å². The van der Waals surface area contributed by atoms with Crippen molar-refractivity contribution >= 4 is 39.5 Å². The van der Waals surface area contributed by atoms with Crippen molar-refractivity contribution in [3.8, 4) is 0 Å². The summed E-state index contributed by atoms with van der Waals surface area (Å²) in [7, 11) is -9.93. The molecule has 0 aliphatic carbocycles. The SMILES string of the molecule is CCCCCC/C=C\C=C/CCCCCCCC(=O)O[C@H](COC(=O)CCCCCCCCCCC)COP(=O)(O)OC[C@H](O)COP(=O)(O)OC[C@@H](COC(=O)CCCCCCCCCCCCCCCCC(C)CC)OC(=O)CCCCCCCCCCCCCCCCCCCCCCC. The van der Waals surface area contributed by atoms with E-state index in [-0.39, 0.29) is 25.7 Å². The Bertz CT molecular complexity index is 2060. The molecule has 19 heteroatoms. The van der Waals surface area contributed by atoms with Crippen LogP contribution < -0.4 is 0 Å². The van der Waals surface area contributed by atoms with Crippen LogP contribution in [-0.2, 0) is 65.4 Å². The summed E-state index contributed by atoms with van der Waals surface area (Å²) in [5.74, 6) is -1.29. The summed E-state index contributed by atoms with van der Waals surface area (Å²) in [6.45, 7) is 7.32. The molecule has 3 N–H and O–H groups in total. The van der Waals surface area contributed by atoms with Gasteiger partial charge < -0.3 is 33.8 Å². The number of phosphoric ester groups is 2. The van der Waals surface area contributed by atoms with Crippen LogP contribution in [0.4, 0.5) is 0 Å². The number of hydrogen-bond acceptors (Lipinski definition) is 15. The van der Waals surface area contributed by atoms with E-state index >= 15 is 0 Å². The predicted molar refractivity (Wildman–Crippen MR) is 423 cm³/mol. The largest absolute Gasteiger partial charge is 0.472 e. The lowest BCUT2D eigenvalue weighted by Gasteiger charge is -2.21. The lowest BCUT2D eigenvalue weighted by molar-refractivity contribution is -0.161. The number of carbonyl (C=O) groups excluding carboxylic acids is 4. The summed E-state index contributed by atoms with van der Waals surface area (Å²) in [6.07, 6.45) is 71.6. The molecule has 0 saturated heterocycles. The summed E-state index contributed by atoms with van der Waals surface area (Å²) in [5.41, 5.74) is 0. The minimum atomic E-state index is -4.97. The van der Waals surface area contributed by atoms with Gasteiger partial charge in [-0.2, -0.15) is 0 Å². The number of allylic oxidation sites excluding steroid dienone is 4. The molecule has 0 radical (unpaired) electrons. The van der Waals surface area contributed by atoms with Gasteiger partial charge in [0.25, 0.3) is 0 Å². The van der Waals surface area contributed by atoms with Crippen LogP contribution in [0.25, 0.3) is 0 Å². The Labute approximate surface area is 631 Å². The highest BCUT2D eigenvalue weighted by molar-refractivity contribution is 7.47. The second kappa shape index (κ2) is 76.3. The highest BCUT2D eigenvalue weighted by Gasteiger charge is 2.30. The Hall–Kier alpha value is -2.46. The molecule has 17 nitrogen and oxygen atoms in total. The molecule has 0 fully saturated rings. The molecule has 0 aliphatic heterocycles. The number of esters is 4. The molecule has 0 bridgehead atoms. The molecule has 3 unspecified atom stereocenters. The van der Waals surface area contributed by atoms with Gasteiger partial charge in [0, 0.05) is 25.7 Å². The lowest BCUT2D eigenvalue weighted by Crippen LogP contribution is -2.30. The molecular weight excluding hydrogens is 1340 g/mol. The quantitative estimate of drug-likeness (QED) is 0.0169. The van der Waals surface area contributed by atoms with Gasteiger partial charge in [0.05, 0.1) is 26.4 Å². The third-order valence-corrected chi connectivity index (χ3v) is 21.4. The van der Waals surface area contributed by atoms with Gasteiger partial charge in [-0.25, -0.2) is 9.13 Å². The van der Waals surface area contributed by atoms with E-state index in [9.17, 15) is 43.2 Å². The fraction of sp³-hybridized carbons (Fsp3) is 0.905. The Morgan fingerprint density at radius 2 is 0.544 bits per heavy atom. The Balaban J connectivity index is 5.24. The van der Waals surface area contributed by atoms with Gasteiger partial charge in [-0.15, -0.1) is 0 Å². The highest BCUT2D eigenvalue weighted by Crippen LogP contribution is 2.45. The molecule has 0 heterocycles. The topological polar surface area (TPSA) is 237 Å². The maximum atomic E-state index is 13.1. The maximum Gasteiger partial charge on any atom is 0.472 e. The van der Waals surface area contributed by atoms with E-state index in [0.717, 1.165) is 109 Å². The average molecular weight is 1500 g/mol. The number of aliphatic hydroxyl groups is 1. The zero-order chi connectivity index (χ0) is 75.5. The minimum absolute atomic E-state index is 0.0854. The van der Waals surface area contributed by atoms with Gasteiger partial charge in [0.1, 0.15) is 19.3 Å². The third kappa shape index (κ3) is 76.1. The van der Waals surface area contributed by atoms with Gasteiger partial charge >= 0.3 is 39.5 Å². The number of carbonyl (C=O) groups is 4. The van der Waals surface area contributed by atoms with Crippen LogP contribution in [0.3, 0.4) is 0 Å². The highest BCUT2D eigenvalue weighted by atomic mass is 31.2. The molecule has 0 aromatic carbocycles. The van der Waals surface area contributed by atoms with E-state index < -0.39 is 97.5 Å². The van der Waals surface area contributed by atoms with E-state index in [1.54, 1.807) is 0 Å². The van der Waals surface area contributed by atoms with Crippen molar-refractivity contribution in [2.24, 2.45) is 5.92 Å². The first-order chi connectivity index (χ1) is 50.1. The third-order valence-electron chi connectivity index (χ3n) is 19.5. The van der Waals surface area contributed by atoms with Crippen molar-refractivity contribution in [3.63, 3.8) is 0 Å². The average Bonchev–Trinajstić information content (AvgIpc) is 1.13. The van der Waals surface area contributed by atoms with Gasteiger partial charge in [0.15, 0.2) is 12.2 Å². The summed E-state index contributed by atoms with van der Waals surface area (Å²) >= 11 is 0. The van der Waals surface area contributed by atoms with Gasteiger partial charge in [-0.05, 0) is 57.3 Å². The Kier molecular flexibility index (Phi) is 74.5. The molecule has 0 aromatic rings. The standard InChI is InChI=1S/C84H160O17P2/c1-6-10-13-16-19-22-24-26-28-29-30-31-32-33-35-41-45-50-55-60-65-70-84(89)101-80(74-95-82(87)68-63-58-53-48-43-39-37-36-38-42-47-51-56-61-66-77(5)9-4)76-99-103(92,93)97-72-78(85)71-96-102(90,91)98-75-79(73-94-81(86)67-62-57-52-46-21-18-15-12-8-3)100-83(88)69-64-59-54-49-44-40-34-27-25-23-20-17-14-11-7-2/h23,25,27,34,77-80,85H,6-22,24,26,28-33,35-76H2,1-5H3,(H,90,91)(H,92,93)/b25-23-,34-27-/t77?,78-,79+,80+/m0/s1. The van der Waals surface area contributed by atoms with Crippen molar-refractivity contribution < 1.29 is 80.2 Å². The van der Waals surface area contributed by atoms with Crippen LogP contribution in [-0.4, -0.2) is 96.7 Å². The minimum Gasteiger partial charge on any atom is -0.462 e. The van der Waals surface area contributed by atoms with Crippen LogP contribution in [0, 0.1) is 5.92 Å². The van der Waals surface area contributed by atoms with Crippen LogP contribution in [0.5, 0.6) is 0 Å². The van der Waals surface area contributed by atoms with Crippen molar-refractivity contribution in [1.82, 2.24) is 0 Å². The molecule has 608 valence electrons. The van der Waals surface area contributed by atoms with Crippen LogP contribution in [0.15, 0.2) is 24.3 Å². The van der Waals surface area contributed by atoms with Gasteiger partial charge in [-0.1, -0.05) is 374 Å². The van der Waals surface area contributed by atoms with Crippen molar-refractivity contribution in [2.45, 2.75) is 445 Å². The number of phosphoric acid groups is 2. The number of ether oxygens (including phenoxy) is 4. The van der Waals surface area contributed by atoms with Gasteiger partial charge in [-0.3, -0.25) is 37.3 Å². The maximum absolute atomic E-state index is 13.1. The monoisotopic (exact) mass is 1500 g/mol. The summed E-state index contributed by atoms with van der Waals surface area (Å²) in [5, 5.41) is 10.6. The van der Waals surface area contributed by atoms with Gasteiger partial charge in [0.2, 0.25) is 0 Å². The van der Waals surface area contributed by atoms with Crippen LogP contribution >= 0.6 is 15.6 Å². The van der Waals surface area contributed by atoms with E-state index in [0.29, 0.717) is 25.7 Å². The zero-order valence-electron chi connectivity index (χ0n) is 66.9. The van der Waals surface area contributed by atoms with Crippen LogP contribution in [0.2, 0.25) is 0 Å². The molecule has 0 aliphatic rings. The molecule has 0 aromatic heterocycles. The number of unbranched alkanes of at least 4 members (excludes halogenated alkanes) is 50. The molecule has 6 atom stereocenters. The van der Waals surface area contributed by atoms with E-state index in [1.807, 2.05) is 0 Å². The zero-order valence-corrected chi connectivity index (χ0v) is 68.7. The first-order valence-electron chi connectivity index (χ1n) is 43.0. The van der Waals surface area contributed by atoms with Crippen LogP contribution in [0.1, 0.15) is 426 Å². The van der Waals surface area contributed by atoms with Crippen molar-refractivity contribution in [3.05, 3.63) is 24.3 Å². The fourth-order valence-corrected chi connectivity index (χ4v) is 14.1. The number of rotatable bonds is 82. The van der Waals surface area contributed by atoms with E-state index in [2.05, 4.69) is 58.9 Å². The normalized spacial score (nSPS) is 14.2. The summed E-state index contributed by atoms with van der Waals surface area (Å²) in [6, 6.07) is 0. The molecule has 0 spiro atoms. The van der Waals surface area contributed by atoms with E-state index in [1.165, 1.54) is 238 Å². The van der Waals surface area contributed by atoms with Crippen molar-refractivity contribution in [2.75, 3.05) is 39.6 Å². The Morgan fingerprint density at radius 3 is 0.825 bits per heavy atom. The first-order valence-corrected chi connectivity index (χ1v) is 46.0. The molecular formula is C84H160O17P2. The lowest BCUT2D eigenvalue weighted by atomic mass is 9.99. The number of aliphatic hydroxyl groups excluding tert-OH is 1. The molecule has 0 amide bonds. The number of hydrogen-bond donors (Lipinski definition) is 3. The summed E-state index contributed by atoms with van der Waals surface area (Å²) < 4.78 is 68.7. The second-order valence-corrected chi connectivity index (χ2v) is 32.7. The fourth-order valence-electron chi connectivity index (χ4n) is 12.5. The Morgan fingerprint density at radius 1 is 0.311 bits per heavy atom. The van der Waals surface area contributed by atoms with Crippen molar-refractivity contribution in [1.29, 1.82) is 0 Å². The molecule has 0 rings (SSSR count).